The molecule has 0 heterocycles. The third kappa shape index (κ3) is 4.49. The van der Waals surface area contributed by atoms with Crippen molar-refractivity contribution in [2.24, 2.45) is 11.7 Å². The summed E-state index contributed by atoms with van der Waals surface area (Å²) in [7, 11) is 0. The maximum atomic E-state index is 8.96. The average molecular weight is 214 g/mol. The fourth-order valence-electron chi connectivity index (χ4n) is 2.19. The van der Waals surface area contributed by atoms with E-state index in [0.29, 0.717) is 12.6 Å². The number of nitrogens with two attached hydrogens (primary N) is 1. The monoisotopic (exact) mass is 214 g/mol. The molecule has 0 aromatic heterocycles. The highest BCUT2D eigenvalue weighted by atomic mass is 16.3. The second-order valence-electron chi connectivity index (χ2n) is 5.17. The molecule has 3 nitrogen and oxygen atoms in total. The molecule has 1 aliphatic carbocycles. The van der Waals surface area contributed by atoms with E-state index in [2.05, 4.69) is 19.2 Å². The highest BCUT2D eigenvalue weighted by molar-refractivity contribution is 4.92. The lowest BCUT2D eigenvalue weighted by atomic mass is 9.92. The molecule has 0 bridgehead atoms. The minimum absolute atomic E-state index is 0.0665. The molecule has 1 saturated carbocycles. The fraction of sp³-hybridized carbons (Fsp3) is 1.00. The first-order valence-corrected chi connectivity index (χ1v) is 6.22. The molecule has 2 unspecified atom stereocenters. The molecule has 4 N–H and O–H groups in total. The Bertz CT molecular complexity index is 182. The molecule has 1 fully saturated rings. The fourth-order valence-corrected chi connectivity index (χ4v) is 2.19. The number of hydrogen-bond donors (Lipinski definition) is 3. The summed E-state index contributed by atoms with van der Waals surface area (Å²) in [6.07, 6.45) is 5.81. The maximum absolute atomic E-state index is 8.96. The van der Waals surface area contributed by atoms with Gasteiger partial charge in [0.15, 0.2) is 0 Å². The Hall–Kier alpha value is -0.120. The summed E-state index contributed by atoms with van der Waals surface area (Å²) in [4.78, 5) is 0. The molecule has 0 aromatic carbocycles. The number of rotatable bonds is 8. The van der Waals surface area contributed by atoms with Crippen molar-refractivity contribution in [2.75, 3.05) is 13.2 Å². The van der Waals surface area contributed by atoms with Crippen LogP contribution in [0.25, 0.3) is 0 Å². The Balaban J connectivity index is 2.40. The van der Waals surface area contributed by atoms with Gasteiger partial charge in [0.1, 0.15) is 0 Å². The van der Waals surface area contributed by atoms with Crippen molar-refractivity contribution in [1.82, 2.24) is 5.32 Å². The molecule has 3 heteroatoms. The molecular formula is C12H26N2O. The molecule has 1 rings (SSSR count). The van der Waals surface area contributed by atoms with Crippen molar-refractivity contribution in [3.8, 4) is 0 Å². The molecule has 90 valence electrons. The van der Waals surface area contributed by atoms with Gasteiger partial charge in [-0.1, -0.05) is 19.8 Å². The van der Waals surface area contributed by atoms with E-state index in [1.54, 1.807) is 0 Å². The highest BCUT2D eigenvalue weighted by Gasteiger charge is 2.33. The molecule has 1 aliphatic rings. The van der Waals surface area contributed by atoms with Gasteiger partial charge in [0.05, 0.1) is 0 Å². The molecule has 0 spiro atoms. The van der Waals surface area contributed by atoms with Crippen LogP contribution in [0.4, 0.5) is 0 Å². The quantitative estimate of drug-likeness (QED) is 0.570. The second kappa shape index (κ2) is 5.83. The zero-order valence-electron chi connectivity index (χ0n) is 10.1. The normalized spacial score (nSPS) is 22.4. The lowest BCUT2D eigenvalue weighted by Crippen LogP contribution is -2.53. The van der Waals surface area contributed by atoms with Crippen LogP contribution < -0.4 is 11.1 Å². The smallest absolute Gasteiger partial charge is 0.0445 e. The molecule has 0 saturated heterocycles. The van der Waals surface area contributed by atoms with Gasteiger partial charge in [0.2, 0.25) is 0 Å². The van der Waals surface area contributed by atoms with Gasteiger partial charge in [0.25, 0.3) is 0 Å². The second-order valence-corrected chi connectivity index (χ2v) is 5.17. The van der Waals surface area contributed by atoms with Crippen molar-refractivity contribution in [3.05, 3.63) is 0 Å². The molecule has 15 heavy (non-hydrogen) atoms. The lowest BCUT2D eigenvalue weighted by molar-refractivity contribution is 0.224. The zero-order valence-corrected chi connectivity index (χ0v) is 10.1. The van der Waals surface area contributed by atoms with Crippen molar-refractivity contribution in [3.63, 3.8) is 0 Å². The minimum atomic E-state index is 0.0665. The number of hydrogen-bond acceptors (Lipinski definition) is 3. The van der Waals surface area contributed by atoms with E-state index in [1.807, 2.05) is 0 Å². The van der Waals surface area contributed by atoms with E-state index in [4.69, 9.17) is 10.8 Å². The van der Waals surface area contributed by atoms with Crippen LogP contribution in [0.15, 0.2) is 0 Å². The Labute approximate surface area is 93.4 Å². The van der Waals surface area contributed by atoms with Gasteiger partial charge in [0, 0.05) is 24.7 Å². The van der Waals surface area contributed by atoms with E-state index in [-0.39, 0.29) is 12.1 Å². The van der Waals surface area contributed by atoms with Crippen molar-refractivity contribution in [1.29, 1.82) is 0 Å². The Morgan fingerprint density at radius 1 is 1.53 bits per heavy atom. The van der Waals surface area contributed by atoms with Crippen LogP contribution in [0.5, 0.6) is 0 Å². The first-order chi connectivity index (χ1) is 7.13. The van der Waals surface area contributed by atoms with Gasteiger partial charge in [-0.15, -0.1) is 0 Å². The molecular weight excluding hydrogens is 188 g/mol. The van der Waals surface area contributed by atoms with Crippen molar-refractivity contribution in [2.45, 2.75) is 57.5 Å². The summed E-state index contributed by atoms with van der Waals surface area (Å²) in [5.41, 5.74) is 5.92. The van der Waals surface area contributed by atoms with Gasteiger partial charge < -0.3 is 16.2 Å². The molecule has 0 amide bonds. The van der Waals surface area contributed by atoms with Crippen LogP contribution in [0.2, 0.25) is 0 Å². The summed E-state index contributed by atoms with van der Waals surface area (Å²) in [6, 6.07) is 0.405. The summed E-state index contributed by atoms with van der Waals surface area (Å²) in [5.74, 6) is 0.887. The van der Waals surface area contributed by atoms with E-state index in [9.17, 15) is 0 Å². The topological polar surface area (TPSA) is 58.3 Å². The largest absolute Gasteiger partial charge is 0.396 e. The predicted molar refractivity (Wildman–Crippen MR) is 63.7 cm³/mol. The molecule has 0 aromatic rings. The van der Waals surface area contributed by atoms with Gasteiger partial charge in [-0.3, -0.25) is 0 Å². The van der Waals surface area contributed by atoms with E-state index < -0.39 is 0 Å². The Kier molecular flexibility index (Phi) is 5.03. The average Bonchev–Trinajstić information content (AvgIpc) is 3.01. The third-order valence-corrected chi connectivity index (χ3v) is 3.41. The standard InChI is InChI=1S/C12H26N2O/c1-3-11(6-7-15)14-12(2,9-13)8-10-4-5-10/h10-11,14-15H,3-9,13H2,1-2H3. The number of aliphatic hydroxyl groups is 1. The first kappa shape index (κ1) is 12.9. The predicted octanol–water partition coefficient (Wildman–Crippen LogP) is 1.25. The van der Waals surface area contributed by atoms with Crippen LogP contribution in [0.3, 0.4) is 0 Å². The van der Waals surface area contributed by atoms with Gasteiger partial charge in [-0.2, -0.15) is 0 Å². The Morgan fingerprint density at radius 3 is 2.60 bits per heavy atom. The van der Waals surface area contributed by atoms with Gasteiger partial charge in [-0.05, 0) is 32.1 Å². The van der Waals surface area contributed by atoms with Crippen LogP contribution in [-0.2, 0) is 0 Å². The first-order valence-electron chi connectivity index (χ1n) is 6.22. The molecule has 2 atom stereocenters. The SMILES string of the molecule is CCC(CCO)NC(C)(CN)CC1CC1. The highest BCUT2D eigenvalue weighted by Crippen LogP contribution is 2.36. The van der Waals surface area contributed by atoms with E-state index in [1.165, 1.54) is 19.3 Å². The summed E-state index contributed by atoms with van der Waals surface area (Å²) in [6.45, 7) is 5.31. The number of aliphatic hydroxyl groups excluding tert-OH is 1. The minimum Gasteiger partial charge on any atom is -0.396 e. The van der Waals surface area contributed by atoms with Crippen molar-refractivity contribution < 1.29 is 5.11 Å². The number of nitrogens with one attached hydrogen (secondary N) is 1. The zero-order chi connectivity index (χ0) is 11.3. The third-order valence-electron chi connectivity index (χ3n) is 3.41. The molecule has 0 radical (unpaired) electrons. The lowest BCUT2D eigenvalue weighted by Gasteiger charge is -2.34. The van der Waals surface area contributed by atoms with Gasteiger partial charge >= 0.3 is 0 Å². The van der Waals surface area contributed by atoms with E-state index >= 15 is 0 Å². The maximum Gasteiger partial charge on any atom is 0.0445 e. The van der Waals surface area contributed by atoms with Crippen LogP contribution in [-0.4, -0.2) is 29.8 Å². The van der Waals surface area contributed by atoms with E-state index in [0.717, 1.165) is 18.8 Å². The van der Waals surface area contributed by atoms with Crippen LogP contribution >= 0.6 is 0 Å². The van der Waals surface area contributed by atoms with Crippen LogP contribution in [0, 0.1) is 5.92 Å². The summed E-state index contributed by atoms with van der Waals surface area (Å²) < 4.78 is 0. The van der Waals surface area contributed by atoms with Crippen molar-refractivity contribution >= 4 is 0 Å². The molecule has 0 aliphatic heterocycles. The summed E-state index contributed by atoms with van der Waals surface area (Å²) in [5, 5.41) is 12.6. The van der Waals surface area contributed by atoms with Crippen LogP contribution in [0.1, 0.15) is 46.0 Å². The van der Waals surface area contributed by atoms with Gasteiger partial charge in [-0.25, -0.2) is 0 Å². The Morgan fingerprint density at radius 2 is 2.20 bits per heavy atom. The summed E-state index contributed by atoms with van der Waals surface area (Å²) >= 11 is 0.